The fraction of sp³-hybridized carbons (Fsp3) is 0.300. The number of halogens is 3. The SMILES string of the molecule is O=C(NCCOS(=O)(=O)C(F)(F)F)c1cc(B(O)O)cc([N+](=O)[O-])c1. The molecule has 0 heterocycles. The van der Waals surface area contributed by atoms with Crippen LogP contribution in [0, 0.1) is 10.1 Å². The molecule has 0 spiro atoms. The summed E-state index contributed by atoms with van der Waals surface area (Å²) in [5, 5.41) is 30.8. The van der Waals surface area contributed by atoms with E-state index in [9.17, 15) is 36.5 Å². The topological polar surface area (TPSA) is 156 Å². The van der Waals surface area contributed by atoms with Crippen LogP contribution >= 0.6 is 0 Å². The minimum absolute atomic E-state index is 0.366. The summed E-state index contributed by atoms with van der Waals surface area (Å²) in [7, 11) is -7.91. The first-order valence-corrected chi connectivity index (χ1v) is 7.65. The van der Waals surface area contributed by atoms with Gasteiger partial charge in [0.05, 0.1) is 11.5 Å². The Hall–Kier alpha value is -2.23. The third kappa shape index (κ3) is 5.66. The first kappa shape index (κ1) is 20.8. The van der Waals surface area contributed by atoms with Crippen molar-refractivity contribution in [3.63, 3.8) is 0 Å². The summed E-state index contributed by atoms with van der Waals surface area (Å²) < 4.78 is 60.9. The third-order valence-electron chi connectivity index (χ3n) is 2.62. The van der Waals surface area contributed by atoms with Gasteiger partial charge in [0.15, 0.2) is 0 Å². The Kier molecular flexibility index (Phi) is 6.47. The van der Waals surface area contributed by atoms with E-state index in [1.54, 1.807) is 0 Å². The molecule has 15 heteroatoms. The molecule has 0 saturated heterocycles. The van der Waals surface area contributed by atoms with Gasteiger partial charge >= 0.3 is 22.7 Å². The molecule has 1 rings (SSSR count). The summed E-state index contributed by atoms with van der Waals surface area (Å²) >= 11 is 0. The predicted octanol–water partition coefficient (Wildman–Crippen LogP) is -1.13. The zero-order valence-electron chi connectivity index (χ0n) is 12.1. The highest BCUT2D eigenvalue weighted by molar-refractivity contribution is 7.87. The Bertz CT molecular complexity index is 768. The molecule has 138 valence electrons. The van der Waals surface area contributed by atoms with Crippen molar-refractivity contribution in [2.24, 2.45) is 0 Å². The predicted molar refractivity (Wildman–Crippen MR) is 76.2 cm³/mol. The number of nitrogens with one attached hydrogen (secondary N) is 1. The van der Waals surface area contributed by atoms with Gasteiger partial charge < -0.3 is 15.4 Å². The van der Waals surface area contributed by atoms with E-state index in [-0.39, 0.29) is 5.46 Å². The quantitative estimate of drug-likeness (QED) is 0.133. The number of alkyl halides is 3. The van der Waals surface area contributed by atoms with Crippen molar-refractivity contribution in [3.05, 3.63) is 33.9 Å². The maximum Gasteiger partial charge on any atom is 0.523 e. The zero-order chi connectivity index (χ0) is 19.4. The van der Waals surface area contributed by atoms with Crippen molar-refractivity contribution in [2.75, 3.05) is 13.2 Å². The van der Waals surface area contributed by atoms with Crippen LogP contribution in [-0.4, -0.2) is 55.1 Å². The van der Waals surface area contributed by atoms with E-state index >= 15 is 0 Å². The highest BCUT2D eigenvalue weighted by Gasteiger charge is 2.47. The van der Waals surface area contributed by atoms with E-state index in [1.165, 1.54) is 0 Å². The smallest absolute Gasteiger partial charge is 0.423 e. The van der Waals surface area contributed by atoms with Crippen LogP contribution in [0.25, 0.3) is 0 Å². The fourth-order valence-electron chi connectivity index (χ4n) is 1.51. The standard InChI is InChI=1S/C10H10BF3N2O8S/c12-10(13,14)25(22,23)24-2-1-15-9(17)6-3-7(11(18)19)5-8(4-6)16(20)21/h3-5,18-19H,1-2H2,(H,15,17). The molecule has 0 bridgehead atoms. The van der Waals surface area contributed by atoms with Gasteiger partial charge in [-0.15, -0.1) is 0 Å². The van der Waals surface area contributed by atoms with Gasteiger partial charge in [0.25, 0.3) is 11.6 Å². The summed E-state index contributed by atoms with van der Waals surface area (Å²) in [5.41, 5.74) is -7.00. The number of nitrogens with zero attached hydrogens (tertiary/aromatic N) is 1. The van der Waals surface area contributed by atoms with Gasteiger partial charge in [-0.1, -0.05) is 0 Å². The molecule has 0 aliphatic carbocycles. The molecule has 0 aromatic heterocycles. The number of nitro groups is 1. The van der Waals surface area contributed by atoms with Crippen molar-refractivity contribution in [2.45, 2.75) is 5.51 Å². The largest absolute Gasteiger partial charge is 0.523 e. The maximum atomic E-state index is 12.0. The van der Waals surface area contributed by atoms with Crippen LogP contribution in [0.15, 0.2) is 18.2 Å². The van der Waals surface area contributed by atoms with Crippen molar-refractivity contribution in [1.82, 2.24) is 5.32 Å². The number of non-ortho nitro benzene ring substituents is 1. The number of hydrogen-bond acceptors (Lipinski definition) is 8. The normalized spacial score (nSPS) is 11.9. The Balaban J connectivity index is 2.77. The molecule has 1 aromatic rings. The second-order valence-electron chi connectivity index (χ2n) is 4.42. The summed E-state index contributed by atoms with van der Waals surface area (Å²) in [4.78, 5) is 21.6. The van der Waals surface area contributed by atoms with Crippen molar-refractivity contribution < 1.29 is 45.5 Å². The molecule has 0 radical (unpaired) electrons. The molecule has 10 nitrogen and oxygen atoms in total. The van der Waals surface area contributed by atoms with E-state index in [2.05, 4.69) is 4.18 Å². The number of rotatable bonds is 7. The summed E-state index contributed by atoms with van der Waals surface area (Å²) in [5.74, 6) is -1.03. The van der Waals surface area contributed by atoms with Crippen molar-refractivity contribution >= 4 is 34.3 Å². The number of carbonyl (C=O) groups is 1. The number of amides is 1. The Labute approximate surface area is 138 Å². The van der Waals surface area contributed by atoms with Crippen LogP contribution in [0.4, 0.5) is 18.9 Å². The van der Waals surface area contributed by atoms with Crippen LogP contribution in [0.2, 0.25) is 0 Å². The van der Waals surface area contributed by atoms with Gasteiger partial charge in [-0.05, 0) is 11.5 Å². The molecule has 0 saturated carbocycles. The summed E-state index contributed by atoms with van der Waals surface area (Å²) in [6.45, 7) is -1.69. The molecule has 1 amide bonds. The van der Waals surface area contributed by atoms with Gasteiger partial charge in [-0.25, -0.2) is 0 Å². The molecule has 0 atom stereocenters. The Morgan fingerprint density at radius 1 is 1.32 bits per heavy atom. The van der Waals surface area contributed by atoms with Crippen LogP contribution in [-0.2, 0) is 14.3 Å². The second-order valence-corrected chi connectivity index (χ2v) is 6.03. The van der Waals surface area contributed by atoms with Crippen molar-refractivity contribution in [3.8, 4) is 0 Å². The first-order valence-electron chi connectivity index (χ1n) is 6.24. The van der Waals surface area contributed by atoms with Gasteiger partial charge in [0, 0.05) is 24.2 Å². The Morgan fingerprint density at radius 3 is 2.40 bits per heavy atom. The molecule has 0 fully saturated rings. The van der Waals surface area contributed by atoms with E-state index in [1.807, 2.05) is 5.32 Å². The van der Waals surface area contributed by atoms with Crippen LogP contribution in [0.5, 0.6) is 0 Å². The second kappa shape index (κ2) is 7.77. The molecular formula is C10H10BF3N2O8S. The average Bonchev–Trinajstić information content (AvgIpc) is 2.49. The summed E-state index contributed by atoms with van der Waals surface area (Å²) in [6.07, 6.45) is 0. The maximum absolute atomic E-state index is 12.0. The third-order valence-corrected chi connectivity index (χ3v) is 3.66. The molecular weight excluding hydrogens is 376 g/mol. The van der Waals surface area contributed by atoms with Crippen molar-refractivity contribution in [1.29, 1.82) is 0 Å². The van der Waals surface area contributed by atoms with Crippen LogP contribution in [0.1, 0.15) is 10.4 Å². The minimum atomic E-state index is -5.80. The lowest BCUT2D eigenvalue weighted by molar-refractivity contribution is -0.384. The molecule has 0 aliphatic heterocycles. The number of hydrogen-bond donors (Lipinski definition) is 3. The summed E-state index contributed by atoms with van der Waals surface area (Å²) in [6, 6.07) is 2.50. The Morgan fingerprint density at radius 2 is 1.92 bits per heavy atom. The minimum Gasteiger partial charge on any atom is -0.423 e. The highest BCUT2D eigenvalue weighted by atomic mass is 32.2. The lowest BCUT2D eigenvalue weighted by Crippen LogP contribution is -2.34. The number of nitro benzene ring substituents is 1. The van der Waals surface area contributed by atoms with Gasteiger partial charge in [-0.2, -0.15) is 21.6 Å². The van der Waals surface area contributed by atoms with Gasteiger partial charge in [0.2, 0.25) is 0 Å². The van der Waals surface area contributed by atoms with E-state index in [0.29, 0.717) is 0 Å². The molecule has 1 aromatic carbocycles. The zero-order valence-corrected chi connectivity index (χ0v) is 12.9. The fourth-order valence-corrected chi connectivity index (χ4v) is 1.94. The molecule has 0 aliphatic rings. The van der Waals surface area contributed by atoms with Crippen LogP contribution < -0.4 is 10.8 Å². The number of benzene rings is 1. The average molecular weight is 386 g/mol. The monoisotopic (exact) mass is 386 g/mol. The lowest BCUT2D eigenvalue weighted by atomic mass is 9.79. The molecule has 3 N–H and O–H groups in total. The molecule has 25 heavy (non-hydrogen) atoms. The molecule has 0 unspecified atom stereocenters. The van der Waals surface area contributed by atoms with Crippen LogP contribution in [0.3, 0.4) is 0 Å². The van der Waals surface area contributed by atoms with E-state index < -0.39 is 58.0 Å². The van der Waals surface area contributed by atoms with E-state index in [4.69, 9.17) is 10.0 Å². The van der Waals surface area contributed by atoms with Gasteiger partial charge in [0.1, 0.15) is 0 Å². The van der Waals surface area contributed by atoms with Gasteiger partial charge in [-0.3, -0.25) is 19.1 Å². The lowest BCUT2D eigenvalue weighted by Gasteiger charge is -2.09. The highest BCUT2D eigenvalue weighted by Crippen LogP contribution is 2.24. The van der Waals surface area contributed by atoms with E-state index in [0.717, 1.165) is 18.2 Å². The number of carbonyl (C=O) groups excluding carboxylic acids is 1. The first-order chi connectivity index (χ1) is 11.3.